The molecule has 7 nitrogen and oxygen atoms in total. The van der Waals surface area contributed by atoms with Gasteiger partial charge in [-0.3, -0.25) is 24.2 Å². The average molecular weight is 344 g/mol. The van der Waals surface area contributed by atoms with E-state index >= 15 is 0 Å². The minimum absolute atomic E-state index is 0.102. The van der Waals surface area contributed by atoms with Gasteiger partial charge in [-0.05, 0) is 17.7 Å². The van der Waals surface area contributed by atoms with Crippen molar-refractivity contribution in [3.8, 4) is 0 Å². The zero-order valence-electron chi connectivity index (χ0n) is 14.3. The third-order valence-corrected chi connectivity index (χ3v) is 4.63. The number of benzene rings is 1. The van der Waals surface area contributed by atoms with E-state index in [1.165, 1.54) is 4.90 Å². The van der Waals surface area contributed by atoms with Gasteiger partial charge in [0, 0.05) is 57.7 Å². The first kappa shape index (κ1) is 17.6. The van der Waals surface area contributed by atoms with Gasteiger partial charge in [0.1, 0.15) is 0 Å². The van der Waals surface area contributed by atoms with Crippen LogP contribution in [-0.2, 0) is 16.1 Å². The van der Waals surface area contributed by atoms with E-state index in [4.69, 9.17) is 0 Å². The number of hydrogen-bond acceptors (Lipinski definition) is 5. The summed E-state index contributed by atoms with van der Waals surface area (Å²) in [6.45, 7) is 5.77. The molecule has 3 amide bonds. The number of likely N-dealkylation sites (tertiary alicyclic amines) is 1. The third kappa shape index (κ3) is 4.64. The molecule has 2 N–H and O–H groups in total. The second-order valence-corrected chi connectivity index (χ2v) is 6.42. The molecule has 25 heavy (non-hydrogen) atoms. The van der Waals surface area contributed by atoms with Crippen LogP contribution >= 0.6 is 0 Å². The lowest BCUT2D eigenvalue weighted by Crippen LogP contribution is -2.46. The van der Waals surface area contributed by atoms with Crippen LogP contribution in [0.2, 0.25) is 0 Å². The van der Waals surface area contributed by atoms with Crippen LogP contribution in [0.4, 0.5) is 0 Å². The minimum Gasteiger partial charge on any atom is -0.351 e. The van der Waals surface area contributed by atoms with Crippen molar-refractivity contribution in [1.82, 2.24) is 20.4 Å². The largest absolute Gasteiger partial charge is 0.351 e. The van der Waals surface area contributed by atoms with E-state index in [1.807, 2.05) is 0 Å². The van der Waals surface area contributed by atoms with Crippen molar-refractivity contribution in [1.29, 1.82) is 0 Å². The highest BCUT2D eigenvalue weighted by atomic mass is 16.2. The Morgan fingerprint density at radius 3 is 2.32 bits per heavy atom. The first-order valence-corrected chi connectivity index (χ1v) is 8.77. The maximum atomic E-state index is 12.2. The number of hydrogen-bond donors (Lipinski definition) is 2. The molecule has 2 aliphatic rings. The van der Waals surface area contributed by atoms with E-state index in [-0.39, 0.29) is 24.3 Å². The number of amides is 3. The molecule has 7 heteroatoms. The predicted octanol–water partition coefficient (Wildman–Crippen LogP) is -0.0294. The molecule has 2 heterocycles. The molecule has 2 aliphatic heterocycles. The quantitative estimate of drug-likeness (QED) is 0.709. The molecular formula is C18H24N4O3. The van der Waals surface area contributed by atoms with Crippen molar-refractivity contribution >= 4 is 17.7 Å². The Bertz CT molecular complexity index is 622. The monoisotopic (exact) mass is 344 g/mol. The molecule has 0 radical (unpaired) electrons. The Balaban J connectivity index is 1.47. The maximum Gasteiger partial charge on any atom is 0.251 e. The summed E-state index contributed by atoms with van der Waals surface area (Å²) in [5, 5.41) is 6.23. The number of nitrogens with zero attached hydrogens (tertiary/aromatic N) is 2. The smallest absolute Gasteiger partial charge is 0.251 e. The summed E-state index contributed by atoms with van der Waals surface area (Å²) in [5.74, 6) is -0.352. The zero-order valence-corrected chi connectivity index (χ0v) is 14.3. The summed E-state index contributed by atoms with van der Waals surface area (Å²) in [4.78, 5) is 39.1. The van der Waals surface area contributed by atoms with Crippen molar-refractivity contribution < 1.29 is 14.4 Å². The van der Waals surface area contributed by atoms with E-state index in [2.05, 4.69) is 15.5 Å². The van der Waals surface area contributed by atoms with Gasteiger partial charge in [-0.1, -0.05) is 12.1 Å². The molecule has 0 unspecified atom stereocenters. The van der Waals surface area contributed by atoms with E-state index < -0.39 is 0 Å². The summed E-state index contributed by atoms with van der Waals surface area (Å²) in [6, 6.07) is 7.06. The molecule has 134 valence electrons. The summed E-state index contributed by atoms with van der Waals surface area (Å²) in [6.07, 6.45) is 0.596. The van der Waals surface area contributed by atoms with Crippen LogP contribution in [0, 0.1) is 0 Å². The van der Waals surface area contributed by atoms with Crippen LogP contribution in [0.25, 0.3) is 0 Å². The predicted molar refractivity (Wildman–Crippen MR) is 92.9 cm³/mol. The number of carbonyl (C=O) groups excluding carboxylic acids is 3. The molecule has 0 atom stereocenters. The van der Waals surface area contributed by atoms with Gasteiger partial charge < -0.3 is 10.6 Å². The fourth-order valence-electron chi connectivity index (χ4n) is 3.11. The molecule has 1 aromatic rings. The minimum atomic E-state index is -0.125. The fourth-order valence-corrected chi connectivity index (χ4v) is 3.11. The van der Waals surface area contributed by atoms with Gasteiger partial charge in [-0.2, -0.15) is 0 Å². The van der Waals surface area contributed by atoms with Gasteiger partial charge in [0.25, 0.3) is 5.91 Å². The van der Waals surface area contributed by atoms with Gasteiger partial charge in [-0.25, -0.2) is 0 Å². The zero-order chi connectivity index (χ0) is 17.6. The van der Waals surface area contributed by atoms with E-state index in [0.717, 1.165) is 38.3 Å². The second kappa shape index (κ2) is 8.22. The molecule has 0 aromatic heterocycles. The number of carbonyl (C=O) groups is 3. The third-order valence-electron chi connectivity index (χ3n) is 4.63. The highest BCUT2D eigenvalue weighted by Gasteiger charge is 2.28. The Labute approximate surface area is 147 Å². The van der Waals surface area contributed by atoms with Gasteiger partial charge >= 0.3 is 0 Å². The van der Waals surface area contributed by atoms with Crippen LogP contribution in [-0.4, -0.2) is 66.8 Å². The van der Waals surface area contributed by atoms with Crippen LogP contribution in [0.5, 0.6) is 0 Å². The van der Waals surface area contributed by atoms with Crippen LogP contribution < -0.4 is 10.6 Å². The molecule has 2 fully saturated rings. The average Bonchev–Trinajstić information content (AvgIpc) is 2.95. The number of piperazine rings is 1. The van der Waals surface area contributed by atoms with Crippen LogP contribution in [0.15, 0.2) is 24.3 Å². The summed E-state index contributed by atoms with van der Waals surface area (Å²) >= 11 is 0. The van der Waals surface area contributed by atoms with Crippen molar-refractivity contribution in [3.05, 3.63) is 35.4 Å². The fraction of sp³-hybridized carbons (Fsp3) is 0.500. The van der Waals surface area contributed by atoms with Crippen molar-refractivity contribution in [2.24, 2.45) is 0 Å². The van der Waals surface area contributed by atoms with Crippen molar-refractivity contribution in [3.63, 3.8) is 0 Å². The first-order valence-electron chi connectivity index (χ1n) is 8.77. The van der Waals surface area contributed by atoms with Crippen LogP contribution in [0.3, 0.4) is 0 Å². The van der Waals surface area contributed by atoms with Crippen LogP contribution in [0.1, 0.15) is 28.8 Å². The van der Waals surface area contributed by atoms with Crippen molar-refractivity contribution in [2.45, 2.75) is 19.4 Å². The lowest BCUT2D eigenvalue weighted by atomic mass is 10.1. The summed E-state index contributed by atoms with van der Waals surface area (Å²) in [5.41, 5.74) is 1.43. The molecule has 0 bridgehead atoms. The normalized spacial score (nSPS) is 18.6. The van der Waals surface area contributed by atoms with E-state index in [9.17, 15) is 14.4 Å². The SMILES string of the molecule is O=C(NCCN1CCNCC1)c1ccc(CN2C(=O)CCC2=O)cc1. The lowest BCUT2D eigenvalue weighted by Gasteiger charge is -2.27. The number of nitrogens with one attached hydrogen (secondary N) is 2. The molecule has 3 rings (SSSR count). The molecule has 0 aliphatic carbocycles. The van der Waals surface area contributed by atoms with Gasteiger partial charge in [0.2, 0.25) is 11.8 Å². The topological polar surface area (TPSA) is 81.8 Å². The Morgan fingerprint density at radius 1 is 1.04 bits per heavy atom. The lowest BCUT2D eigenvalue weighted by molar-refractivity contribution is -0.139. The van der Waals surface area contributed by atoms with E-state index in [1.54, 1.807) is 24.3 Å². The highest BCUT2D eigenvalue weighted by molar-refractivity contribution is 6.01. The maximum absolute atomic E-state index is 12.2. The molecule has 0 spiro atoms. The molecule has 2 saturated heterocycles. The van der Waals surface area contributed by atoms with Gasteiger partial charge in [0.05, 0.1) is 6.54 Å². The standard InChI is InChI=1S/C18H24N4O3/c23-16-5-6-17(24)22(16)13-14-1-3-15(4-2-14)18(25)20-9-12-21-10-7-19-8-11-21/h1-4,19H,5-13H2,(H,20,25). The van der Waals surface area contributed by atoms with Gasteiger partial charge in [0.15, 0.2) is 0 Å². The van der Waals surface area contributed by atoms with Crippen molar-refractivity contribution in [2.75, 3.05) is 39.3 Å². The second-order valence-electron chi connectivity index (χ2n) is 6.42. The Morgan fingerprint density at radius 2 is 1.68 bits per heavy atom. The summed E-state index contributed by atoms with van der Waals surface area (Å²) in [7, 11) is 0. The highest BCUT2D eigenvalue weighted by Crippen LogP contribution is 2.16. The Kier molecular flexibility index (Phi) is 5.78. The van der Waals surface area contributed by atoms with E-state index in [0.29, 0.717) is 24.9 Å². The number of imide groups is 1. The first-order chi connectivity index (χ1) is 12.1. The molecular weight excluding hydrogens is 320 g/mol. The number of rotatable bonds is 6. The molecule has 1 aromatic carbocycles. The summed E-state index contributed by atoms with van der Waals surface area (Å²) < 4.78 is 0. The molecule has 0 saturated carbocycles. The van der Waals surface area contributed by atoms with Gasteiger partial charge in [-0.15, -0.1) is 0 Å². The Hall–Kier alpha value is -2.25.